The molecule has 0 spiro atoms. The van der Waals surface area contributed by atoms with Crippen LogP contribution in [0.5, 0.6) is 0 Å². The molecule has 0 saturated carbocycles. The molecular weight excluding hydrogens is 330 g/mol. The molecule has 2 fully saturated rings. The molecule has 0 bridgehead atoms. The minimum absolute atomic E-state index is 0.110. The Morgan fingerprint density at radius 1 is 1.12 bits per heavy atom. The summed E-state index contributed by atoms with van der Waals surface area (Å²) in [5.41, 5.74) is -0.351. The van der Waals surface area contributed by atoms with Crippen molar-refractivity contribution in [3.8, 4) is 0 Å². The van der Waals surface area contributed by atoms with Crippen molar-refractivity contribution >= 4 is 12.0 Å². The third kappa shape index (κ3) is 5.95. The van der Waals surface area contributed by atoms with Gasteiger partial charge < -0.3 is 15.0 Å². The van der Waals surface area contributed by atoms with E-state index in [0.717, 1.165) is 37.4 Å². The summed E-state index contributed by atoms with van der Waals surface area (Å²) in [4.78, 5) is 28.0. The average molecular weight is 369 g/mol. The summed E-state index contributed by atoms with van der Waals surface area (Å²) < 4.78 is 5.45. The fraction of sp³-hybridized carbons (Fsp3) is 0.900. The van der Waals surface area contributed by atoms with Gasteiger partial charge in [0.25, 0.3) is 0 Å². The summed E-state index contributed by atoms with van der Waals surface area (Å²) in [5.74, 6) is 0.728. The van der Waals surface area contributed by atoms with E-state index in [9.17, 15) is 9.59 Å². The van der Waals surface area contributed by atoms with Gasteiger partial charge in [-0.3, -0.25) is 4.90 Å². The lowest BCUT2D eigenvalue weighted by molar-refractivity contribution is -0.859. The van der Waals surface area contributed by atoms with Crippen molar-refractivity contribution in [2.75, 3.05) is 32.7 Å². The smallest absolute Gasteiger partial charge is 0.410 e. The van der Waals surface area contributed by atoms with E-state index in [1.54, 1.807) is 4.90 Å². The summed E-state index contributed by atoms with van der Waals surface area (Å²) in [5, 5.41) is 3.44. The highest BCUT2D eigenvalue weighted by Gasteiger charge is 2.40. The summed E-state index contributed by atoms with van der Waals surface area (Å²) >= 11 is 0. The number of ether oxygens (including phenoxy) is 1. The fourth-order valence-corrected chi connectivity index (χ4v) is 3.97. The Balaban J connectivity index is 1.85. The standard InChI is InChI=1S/C20H37N3O3/c1-19(2,3)16-14-21-9-12-23(16)17(24)13-15-7-10-22(11-8-15)18(25)26-20(4,5)6/h15-16,21H,7-14H2,1-6H3/p+1/t16-/m1/s1. The summed E-state index contributed by atoms with van der Waals surface area (Å²) in [6.45, 7) is 16.4. The molecule has 2 aliphatic rings. The summed E-state index contributed by atoms with van der Waals surface area (Å²) in [6, 6.07) is 0.325. The number of carbonyl (C=O) groups is 2. The molecule has 2 amide bonds. The van der Waals surface area contributed by atoms with E-state index in [0.29, 0.717) is 37.4 Å². The van der Waals surface area contributed by atoms with Gasteiger partial charge in [-0.15, -0.1) is 0 Å². The fourth-order valence-electron chi connectivity index (χ4n) is 3.97. The number of hydrogen-bond donors (Lipinski definition) is 2. The first-order valence-electron chi connectivity index (χ1n) is 10.0. The maximum absolute atomic E-state index is 13.0. The molecule has 2 rings (SSSR count). The van der Waals surface area contributed by atoms with E-state index < -0.39 is 5.60 Å². The third-order valence-electron chi connectivity index (χ3n) is 5.48. The number of nitrogens with one attached hydrogen (secondary N) is 2. The molecule has 0 aromatic rings. The van der Waals surface area contributed by atoms with Crippen molar-refractivity contribution in [2.45, 2.75) is 72.4 Å². The molecule has 0 aliphatic carbocycles. The molecule has 2 aliphatic heterocycles. The van der Waals surface area contributed by atoms with Crippen molar-refractivity contribution in [1.82, 2.24) is 10.2 Å². The number of carbonyl (C=O) groups excluding carboxylic acids is 2. The molecule has 2 saturated heterocycles. The van der Waals surface area contributed by atoms with E-state index in [4.69, 9.17) is 4.74 Å². The molecular formula is C20H38N3O3+. The lowest BCUT2D eigenvalue weighted by Gasteiger charge is -2.40. The number of rotatable bonds is 2. The second-order valence-corrected chi connectivity index (χ2v) is 9.94. The minimum Gasteiger partial charge on any atom is -0.444 e. The zero-order valence-electron chi connectivity index (χ0n) is 17.5. The number of quaternary nitrogens is 1. The van der Waals surface area contributed by atoms with E-state index in [1.165, 1.54) is 0 Å². The molecule has 2 atom stereocenters. The number of likely N-dealkylation sites (tertiary alicyclic amines) is 1. The zero-order valence-corrected chi connectivity index (χ0v) is 17.5. The van der Waals surface area contributed by atoms with Gasteiger partial charge in [-0.2, -0.15) is 0 Å². The Bertz CT molecular complexity index is 499. The predicted octanol–water partition coefficient (Wildman–Crippen LogP) is 1.45. The molecule has 0 aromatic carbocycles. The number of nitrogens with zero attached hydrogens (tertiary/aromatic N) is 1. The minimum atomic E-state index is -0.461. The van der Waals surface area contributed by atoms with Crippen molar-refractivity contribution in [2.24, 2.45) is 11.3 Å². The second-order valence-electron chi connectivity index (χ2n) is 9.94. The van der Waals surface area contributed by atoms with Crippen LogP contribution >= 0.6 is 0 Å². The zero-order chi connectivity index (χ0) is 19.5. The lowest BCUT2D eigenvalue weighted by Crippen LogP contribution is -3.22. The summed E-state index contributed by atoms with van der Waals surface area (Å²) in [6.07, 6.45) is 2.17. The van der Waals surface area contributed by atoms with Crippen LogP contribution in [0, 0.1) is 11.3 Å². The van der Waals surface area contributed by atoms with Crippen molar-refractivity contribution in [3.05, 3.63) is 0 Å². The van der Waals surface area contributed by atoms with Crippen LogP contribution in [0.3, 0.4) is 0 Å². The van der Waals surface area contributed by atoms with Crippen LogP contribution in [0.2, 0.25) is 0 Å². The van der Waals surface area contributed by atoms with Gasteiger partial charge in [-0.1, -0.05) is 20.8 Å². The Morgan fingerprint density at radius 3 is 2.27 bits per heavy atom. The van der Waals surface area contributed by atoms with Gasteiger partial charge in [0.2, 0.25) is 0 Å². The largest absolute Gasteiger partial charge is 0.444 e. The third-order valence-corrected chi connectivity index (χ3v) is 5.48. The molecule has 6 heteroatoms. The molecule has 2 N–H and O–H groups in total. The Labute approximate surface area is 158 Å². The number of amides is 2. The highest BCUT2D eigenvalue weighted by atomic mass is 16.6. The summed E-state index contributed by atoms with van der Waals surface area (Å²) in [7, 11) is 0. The second kappa shape index (κ2) is 8.26. The highest BCUT2D eigenvalue weighted by molar-refractivity contribution is 5.69. The van der Waals surface area contributed by atoms with E-state index in [-0.39, 0.29) is 11.5 Å². The highest BCUT2D eigenvalue weighted by Crippen LogP contribution is 2.23. The Hall–Kier alpha value is -1.14. The van der Waals surface area contributed by atoms with Crippen LogP contribution < -0.4 is 10.2 Å². The Morgan fingerprint density at radius 2 is 1.73 bits per heavy atom. The van der Waals surface area contributed by atoms with E-state index in [1.807, 2.05) is 20.8 Å². The van der Waals surface area contributed by atoms with Gasteiger partial charge >= 0.3 is 12.0 Å². The predicted molar refractivity (Wildman–Crippen MR) is 102 cm³/mol. The number of piperazine rings is 1. The number of hydrogen-bond acceptors (Lipinski definition) is 4. The van der Waals surface area contributed by atoms with Crippen LogP contribution in [0.1, 0.15) is 60.8 Å². The van der Waals surface area contributed by atoms with E-state index >= 15 is 0 Å². The lowest BCUT2D eigenvalue weighted by atomic mass is 9.84. The van der Waals surface area contributed by atoms with Crippen LogP contribution in [0.4, 0.5) is 4.79 Å². The van der Waals surface area contributed by atoms with Crippen molar-refractivity contribution in [3.63, 3.8) is 0 Å². The normalized spacial score (nSPS) is 25.8. The van der Waals surface area contributed by atoms with Gasteiger partial charge in [-0.05, 0) is 39.5 Å². The molecule has 26 heavy (non-hydrogen) atoms. The molecule has 2 heterocycles. The molecule has 6 nitrogen and oxygen atoms in total. The molecule has 0 radical (unpaired) electrons. The quantitative estimate of drug-likeness (QED) is 0.774. The van der Waals surface area contributed by atoms with Gasteiger partial charge in [-0.25, -0.2) is 9.59 Å². The topological polar surface area (TPSA) is 63.1 Å². The SMILES string of the molecule is CC(C)(C)OC(=O)N1CCC(CC(=O)[NH+]2CCNC[C@@H]2C(C)(C)C)CC1. The van der Waals surface area contributed by atoms with Crippen LogP contribution in [0.15, 0.2) is 0 Å². The van der Waals surface area contributed by atoms with Gasteiger partial charge in [0.05, 0.1) is 13.0 Å². The number of piperidine rings is 1. The van der Waals surface area contributed by atoms with Crippen molar-refractivity contribution < 1.29 is 19.2 Å². The first-order valence-corrected chi connectivity index (χ1v) is 10.0. The average Bonchev–Trinajstić information content (AvgIpc) is 2.53. The Kier molecular flexibility index (Phi) is 6.72. The maximum atomic E-state index is 13.0. The van der Waals surface area contributed by atoms with E-state index in [2.05, 4.69) is 26.1 Å². The van der Waals surface area contributed by atoms with Gasteiger partial charge in [0.1, 0.15) is 11.6 Å². The van der Waals surface area contributed by atoms with Gasteiger partial charge in [0, 0.05) is 31.6 Å². The van der Waals surface area contributed by atoms with Crippen LogP contribution in [-0.2, 0) is 9.53 Å². The van der Waals surface area contributed by atoms with Crippen LogP contribution in [0.25, 0.3) is 0 Å². The van der Waals surface area contributed by atoms with Gasteiger partial charge in [0.15, 0.2) is 0 Å². The molecule has 150 valence electrons. The maximum Gasteiger partial charge on any atom is 0.410 e. The first kappa shape index (κ1) is 21.2. The first-order chi connectivity index (χ1) is 12.0. The monoisotopic (exact) mass is 368 g/mol. The van der Waals surface area contributed by atoms with Crippen LogP contribution in [-0.4, -0.2) is 61.3 Å². The molecule has 1 unspecified atom stereocenters. The molecule has 0 aromatic heterocycles. The van der Waals surface area contributed by atoms with Crippen molar-refractivity contribution in [1.29, 1.82) is 0 Å².